The number of benzene rings is 1. The van der Waals surface area contributed by atoms with Gasteiger partial charge in [-0.2, -0.15) is 0 Å². The Labute approximate surface area is 156 Å². The molecule has 1 aromatic rings. The van der Waals surface area contributed by atoms with Gasteiger partial charge in [0.1, 0.15) is 6.61 Å². The van der Waals surface area contributed by atoms with E-state index in [1.807, 2.05) is 18.2 Å². The number of allylic oxidation sites excluding steroid dienone is 2. The fraction of sp³-hybridized carbons (Fsp3) is 0.591. The molecule has 4 heteroatoms. The lowest BCUT2D eigenvalue weighted by Crippen LogP contribution is -2.30. The summed E-state index contributed by atoms with van der Waals surface area (Å²) in [6.45, 7) is 1.09. The zero-order valence-corrected chi connectivity index (χ0v) is 15.4. The Balaban J connectivity index is 1.41. The van der Waals surface area contributed by atoms with Gasteiger partial charge in [-0.25, -0.2) is 0 Å². The molecule has 2 saturated heterocycles. The van der Waals surface area contributed by atoms with Gasteiger partial charge >= 0.3 is 0 Å². The van der Waals surface area contributed by atoms with Gasteiger partial charge in [-0.3, -0.25) is 4.79 Å². The van der Waals surface area contributed by atoms with Crippen LogP contribution in [0.15, 0.2) is 42.5 Å². The number of aliphatic hydroxyl groups excluding tert-OH is 1. The topological polar surface area (TPSA) is 55.8 Å². The van der Waals surface area contributed by atoms with E-state index in [2.05, 4.69) is 24.3 Å². The molecular formula is C22H30O4. The molecule has 1 aromatic carbocycles. The maximum Gasteiger partial charge on any atom is 0.158 e. The van der Waals surface area contributed by atoms with Crippen LogP contribution >= 0.6 is 0 Å². The number of aliphatic hydroxyl groups is 1. The van der Waals surface area contributed by atoms with Crippen molar-refractivity contribution in [2.24, 2.45) is 11.8 Å². The van der Waals surface area contributed by atoms with Crippen molar-refractivity contribution >= 4 is 5.78 Å². The van der Waals surface area contributed by atoms with E-state index < -0.39 is 0 Å². The van der Waals surface area contributed by atoms with Crippen LogP contribution in [0.2, 0.25) is 0 Å². The number of ketones is 1. The lowest BCUT2D eigenvalue weighted by molar-refractivity contribution is -0.121. The van der Waals surface area contributed by atoms with E-state index >= 15 is 0 Å². The molecule has 0 unspecified atom stereocenters. The van der Waals surface area contributed by atoms with Crippen LogP contribution in [-0.2, 0) is 20.9 Å². The van der Waals surface area contributed by atoms with Crippen LogP contribution in [0.1, 0.15) is 44.1 Å². The van der Waals surface area contributed by atoms with Crippen molar-refractivity contribution in [3.8, 4) is 0 Å². The van der Waals surface area contributed by atoms with Crippen molar-refractivity contribution in [1.29, 1.82) is 0 Å². The molecular weight excluding hydrogens is 328 g/mol. The fourth-order valence-electron chi connectivity index (χ4n) is 4.18. The van der Waals surface area contributed by atoms with E-state index in [1.165, 1.54) is 12.0 Å². The van der Waals surface area contributed by atoms with Gasteiger partial charge in [-0.1, -0.05) is 42.5 Å². The van der Waals surface area contributed by atoms with Crippen LogP contribution in [0.3, 0.4) is 0 Å². The van der Waals surface area contributed by atoms with Gasteiger partial charge in [0.15, 0.2) is 5.78 Å². The van der Waals surface area contributed by atoms with Gasteiger partial charge in [0.25, 0.3) is 0 Å². The van der Waals surface area contributed by atoms with Gasteiger partial charge in [-0.05, 0) is 43.6 Å². The van der Waals surface area contributed by atoms with Gasteiger partial charge < -0.3 is 14.6 Å². The van der Waals surface area contributed by atoms with Crippen molar-refractivity contribution < 1.29 is 19.4 Å². The van der Waals surface area contributed by atoms with Crippen molar-refractivity contribution in [2.75, 3.05) is 13.2 Å². The number of hydrogen-bond donors (Lipinski definition) is 1. The zero-order chi connectivity index (χ0) is 18.2. The number of carbonyl (C=O) groups is 1. The molecule has 4 atom stereocenters. The van der Waals surface area contributed by atoms with Crippen LogP contribution < -0.4 is 0 Å². The Hall–Kier alpha value is -1.49. The highest BCUT2D eigenvalue weighted by Crippen LogP contribution is 2.45. The molecule has 2 heterocycles. The van der Waals surface area contributed by atoms with Crippen LogP contribution in [0.25, 0.3) is 0 Å². The van der Waals surface area contributed by atoms with Crippen LogP contribution in [0, 0.1) is 11.8 Å². The summed E-state index contributed by atoms with van der Waals surface area (Å²) in [5.74, 6) is 0.952. The summed E-state index contributed by atoms with van der Waals surface area (Å²) in [7, 11) is 0. The Morgan fingerprint density at radius 2 is 1.92 bits per heavy atom. The predicted octanol–water partition coefficient (Wildman–Crippen LogP) is 3.67. The lowest BCUT2D eigenvalue weighted by Gasteiger charge is -2.27. The average molecular weight is 358 g/mol. The summed E-state index contributed by atoms with van der Waals surface area (Å²) >= 11 is 0. The van der Waals surface area contributed by atoms with Crippen LogP contribution in [0.5, 0.6) is 0 Å². The number of unbranched alkanes of at least 4 members (excludes halogenated alkanes) is 1. The monoisotopic (exact) mass is 358 g/mol. The third kappa shape index (κ3) is 5.26. The number of rotatable bonds is 11. The molecule has 3 rings (SSSR count). The second kappa shape index (κ2) is 10.0. The summed E-state index contributed by atoms with van der Waals surface area (Å²) in [5, 5.41) is 8.72. The second-order valence-corrected chi connectivity index (χ2v) is 7.41. The highest BCUT2D eigenvalue weighted by Gasteiger charge is 2.48. The maximum atomic E-state index is 11.1. The molecule has 0 aromatic heterocycles. The molecule has 0 amide bonds. The van der Waals surface area contributed by atoms with Crippen molar-refractivity contribution in [2.45, 2.75) is 57.3 Å². The lowest BCUT2D eigenvalue weighted by atomic mass is 9.78. The minimum absolute atomic E-state index is 0.0736. The first-order chi connectivity index (χ1) is 12.8. The molecule has 1 N–H and O–H groups in total. The van der Waals surface area contributed by atoms with E-state index in [0.29, 0.717) is 37.1 Å². The Morgan fingerprint density at radius 3 is 2.69 bits per heavy atom. The normalized spacial score (nSPS) is 27.4. The molecule has 2 aliphatic rings. The second-order valence-electron chi connectivity index (χ2n) is 7.41. The third-order valence-electron chi connectivity index (χ3n) is 5.59. The molecule has 0 saturated carbocycles. The summed E-state index contributed by atoms with van der Waals surface area (Å²) in [6.07, 6.45) is 10.7. The van der Waals surface area contributed by atoms with E-state index in [9.17, 15) is 4.79 Å². The van der Waals surface area contributed by atoms with Crippen molar-refractivity contribution in [3.63, 3.8) is 0 Å². The summed E-state index contributed by atoms with van der Waals surface area (Å²) in [5.41, 5.74) is 1.21. The molecule has 4 nitrogen and oxygen atoms in total. The molecule has 0 aliphatic carbocycles. The SMILES string of the molecule is O=C(CO)CCC/C=C\C[C@@H]1[C@H](COCc2ccccc2)[C@@H]2CC[C@H]1O2. The molecule has 142 valence electrons. The standard InChI is InChI=1S/C22H30O4/c23-14-18(24)10-6-1-2-7-11-19-20(22-13-12-21(19)26-22)16-25-15-17-8-4-3-5-9-17/h2-5,7-9,19-23H,1,6,10-16H2/b7-2-/t19-,20+,21-,22+/m1/s1. The van der Waals surface area contributed by atoms with E-state index in [4.69, 9.17) is 14.6 Å². The highest BCUT2D eigenvalue weighted by atomic mass is 16.5. The van der Waals surface area contributed by atoms with Crippen LogP contribution in [-0.4, -0.2) is 36.3 Å². The zero-order valence-electron chi connectivity index (χ0n) is 15.4. The Morgan fingerprint density at radius 1 is 1.15 bits per heavy atom. The molecule has 0 radical (unpaired) electrons. The first-order valence-corrected chi connectivity index (χ1v) is 9.82. The molecule has 2 bridgehead atoms. The van der Waals surface area contributed by atoms with E-state index in [0.717, 1.165) is 32.3 Å². The Bertz CT molecular complexity index is 583. The van der Waals surface area contributed by atoms with Gasteiger partial charge in [-0.15, -0.1) is 0 Å². The molecule has 2 fully saturated rings. The summed E-state index contributed by atoms with van der Waals surface area (Å²) in [6, 6.07) is 10.3. The summed E-state index contributed by atoms with van der Waals surface area (Å²) < 4.78 is 12.1. The van der Waals surface area contributed by atoms with Gasteiger partial charge in [0, 0.05) is 12.3 Å². The van der Waals surface area contributed by atoms with E-state index in [-0.39, 0.29) is 12.4 Å². The Kier molecular flexibility index (Phi) is 7.42. The van der Waals surface area contributed by atoms with Crippen LogP contribution in [0.4, 0.5) is 0 Å². The van der Waals surface area contributed by atoms with Gasteiger partial charge in [0.2, 0.25) is 0 Å². The number of fused-ring (bicyclic) bond motifs is 2. The average Bonchev–Trinajstić information content (AvgIpc) is 3.27. The quantitative estimate of drug-likeness (QED) is 0.484. The number of carbonyl (C=O) groups excluding carboxylic acids is 1. The molecule has 0 spiro atoms. The number of hydrogen-bond acceptors (Lipinski definition) is 4. The van der Waals surface area contributed by atoms with Crippen molar-refractivity contribution in [3.05, 3.63) is 48.0 Å². The van der Waals surface area contributed by atoms with E-state index in [1.54, 1.807) is 0 Å². The first-order valence-electron chi connectivity index (χ1n) is 9.82. The van der Waals surface area contributed by atoms with Crippen molar-refractivity contribution in [1.82, 2.24) is 0 Å². The minimum atomic E-state index is -0.336. The maximum absolute atomic E-state index is 11.1. The molecule has 2 aliphatic heterocycles. The first kappa shape index (κ1) is 19.3. The third-order valence-corrected chi connectivity index (χ3v) is 5.59. The largest absolute Gasteiger partial charge is 0.389 e. The fourth-order valence-corrected chi connectivity index (χ4v) is 4.18. The number of Topliss-reactive ketones (excluding diaryl/α,β-unsaturated/α-hetero) is 1. The smallest absolute Gasteiger partial charge is 0.158 e. The highest BCUT2D eigenvalue weighted by molar-refractivity contribution is 5.79. The van der Waals surface area contributed by atoms with Gasteiger partial charge in [0.05, 0.1) is 25.4 Å². The number of ether oxygens (including phenoxy) is 2. The summed E-state index contributed by atoms with van der Waals surface area (Å²) in [4.78, 5) is 11.1. The minimum Gasteiger partial charge on any atom is -0.389 e. The molecule has 26 heavy (non-hydrogen) atoms. The predicted molar refractivity (Wildman–Crippen MR) is 101 cm³/mol.